The van der Waals surface area contributed by atoms with Crippen molar-refractivity contribution in [3.63, 3.8) is 0 Å². The van der Waals surface area contributed by atoms with Gasteiger partial charge in [0.15, 0.2) is 0 Å². The Morgan fingerprint density at radius 3 is 2.80 bits per heavy atom. The van der Waals surface area contributed by atoms with Gasteiger partial charge in [0, 0.05) is 19.0 Å². The fourth-order valence-corrected chi connectivity index (χ4v) is 1.19. The second-order valence-corrected chi connectivity index (χ2v) is 3.49. The van der Waals surface area contributed by atoms with E-state index in [0.717, 1.165) is 18.1 Å². The van der Waals surface area contributed by atoms with Gasteiger partial charge in [-0.1, -0.05) is 0 Å². The van der Waals surface area contributed by atoms with Crippen molar-refractivity contribution in [1.29, 1.82) is 0 Å². The summed E-state index contributed by atoms with van der Waals surface area (Å²) < 4.78 is 18.1. The van der Waals surface area contributed by atoms with Gasteiger partial charge in [-0.3, -0.25) is 0 Å². The summed E-state index contributed by atoms with van der Waals surface area (Å²) in [7, 11) is 0. The van der Waals surface area contributed by atoms with E-state index in [0.29, 0.717) is 6.61 Å². The van der Waals surface area contributed by atoms with E-state index in [9.17, 15) is 4.39 Å². The summed E-state index contributed by atoms with van der Waals surface area (Å²) in [5, 5.41) is 0. The van der Waals surface area contributed by atoms with Crippen molar-refractivity contribution in [2.75, 3.05) is 6.61 Å². The molecule has 1 saturated carbocycles. The van der Waals surface area contributed by atoms with E-state index < -0.39 is 0 Å². The molecule has 1 aliphatic rings. The molecule has 0 spiro atoms. The van der Waals surface area contributed by atoms with Crippen LogP contribution in [0.5, 0.6) is 0 Å². The van der Waals surface area contributed by atoms with Gasteiger partial charge in [-0.2, -0.15) is 12.1 Å². The van der Waals surface area contributed by atoms with Crippen molar-refractivity contribution in [2.45, 2.75) is 19.4 Å². The van der Waals surface area contributed by atoms with Crippen LogP contribution in [0.3, 0.4) is 0 Å². The van der Waals surface area contributed by atoms with Crippen molar-refractivity contribution in [3.05, 3.63) is 35.6 Å². The van der Waals surface area contributed by atoms with Crippen molar-refractivity contribution in [3.8, 4) is 0 Å². The molecule has 0 atom stereocenters. The van der Waals surface area contributed by atoms with Gasteiger partial charge in [-0.25, -0.2) is 4.39 Å². The fourth-order valence-electron chi connectivity index (χ4n) is 1.19. The number of ether oxygens (including phenoxy) is 1. The third kappa shape index (κ3) is 5.85. The molecule has 0 bridgehead atoms. The first-order valence-electron chi connectivity index (χ1n) is 4.58. The van der Waals surface area contributed by atoms with Crippen LogP contribution in [-0.4, -0.2) is 29.7 Å². The Bertz CT molecular complexity index is 292. The molecule has 1 fully saturated rings. The van der Waals surface area contributed by atoms with Crippen LogP contribution in [0.2, 0.25) is 0 Å². The molecule has 1 aliphatic carbocycles. The van der Waals surface area contributed by atoms with Gasteiger partial charge in [-0.15, -0.1) is 17.7 Å². The summed E-state index contributed by atoms with van der Waals surface area (Å²) >= 11 is 0. The number of halogens is 2. The fraction of sp³-hybridized carbons (Fsp3) is 0.455. The quantitative estimate of drug-likeness (QED) is 0.518. The van der Waals surface area contributed by atoms with Crippen LogP contribution in [0, 0.1) is 17.8 Å². The maximum atomic E-state index is 12.7. The molecule has 0 N–H and O–H groups in total. The number of hydrogen-bond donors (Lipinski definition) is 0. The SMILES string of the molecule is Fc1cc[c-]c(COCC2CC2)c1.[Br-].[Mg+2]. The van der Waals surface area contributed by atoms with Gasteiger partial charge >= 0.3 is 23.1 Å². The number of hydrogen-bond acceptors (Lipinski definition) is 1. The molecule has 1 aromatic rings. The van der Waals surface area contributed by atoms with Crippen LogP contribution in [0.25, 0.3) is 0 Å². The molecule has 0 heterocycles. The summed E-state index contributed by atoms with van der Waals surface area (Å²) in [6.45, 7) is 1.29. The van der Waals surface area contributed by atoms with Crippen LogP contribution in [-0.2, 0) is 11.3 Å². The second-order valence-electron chi connectivity index (χ2n) is 3.49. The molecular weight excluding hydrogens is 271 g/mol. The minimum Gasteiger partial charge on any atom is -1.00 e. The molecule has 78 valence electrons. The molecule has 1 nitrogen and oxygen atoms in total. The Balaban J connectivity index is 0.000000980. The molecule has 0 aliphatic heterocycles. The normalized spacial score (nSPS) is 13.9. The average Bonchev–Trinajstić information content (AvgIpc) is 2.88. The molecule has 0 radical (unpaired) electrons. The molecule has 0 saturated heterocycles. The van der Waals surface area contributed by atoms with Crippen LogP contribution in [0.1, 0.15) is 18.4 Å². The first-order valence-corrected chi connectivity index (χ1v) is 4.58. The monoisotopic (exact) mass is 282 g/mol. The van der Waals surface area contributed by atoms with Gasteiger partial charge in [0.25, 0.3) is 0 Å². The van der Waals surface area contributed by atoms with Crippen LogP contribution >= 0.6 is 0 Å². The minimum absolute atomic E-state index is 0. The average molecular weight is 283 g/mol. The molecule has 0 unspecified atom stereocenters. The first-order chi connectivity index (χ1) is 6.34. The third-order valence-corrected chi connectivity index (χ3v) is 2.13. The van der Waals surface area contributed by atoms with Gasteiger partial charge in [-0.05, 0) is 18.8 Å². The maximum Gasteiger partial charge on any atom is 2.00 e. The zero-order chi connectivity index (χ0) is 9.10. The van der Waals surface area contributed by atoms with E-state index in [2.05, 4.69) is 6.07 Å². The molecule has 2 rings (SSSR count). The summed E-state index contributed by atoms with van der Waals surface area (Å²) in [6.07, 6.45) is 2.57. The first kappa shape index (κ1) is 15.4. The Morgan fingerprint density at radius 2 is 2.20 bits per heavy atom. The summed E-state index contributed by atoms with van der Waals surface area (Å²) in [5.41, 5.74) is 0.792. The minimum atomic E-state index is -0.219. The Hall–Kier alpha value is 0.356. The van der Waals surface area contributed by atoms with E-state index in [1.54, 1.807) is 6.07 Å². The number of rotatable bonds is 4. The largest absolute Gasteiger partial charge is 2.00 e. The van der Waals surface area contributed by atoms with Crippen LogP contribution in [0.15, 0.2) is 18.2 Å². The van der Waals surface area contributed by atoms with Crippen molar-refractivity contribution in [2.24, 2.45) is 5.92 Å². The zero-order valence-corrected chi connectivity index (χ0v) is 11.5. The molecule has 15 heavy (non-hydrogen) atoms. The van der Waals surface area contributed by atoms with Crippen molar-refractivity contribution in [1.82, 2.24) is 0 Å². The van der Waals surface area contributed by atoms with Gasteiger partial charge in [0.1, 0.15) is 0 Å². The second kappa shape index (κ2) is 7.60. The molecule has 4 heteroatoms. The Labute approximate surface area is 116 Å². The number of benzene rings is 1. The summed E-state index contributed by atoms with van der Waals surface area (Å²) in [6, 6.07) is 7.39. The van der Waals surface area contributed by atoms with Crippen molar-refractivity contribution >= 4 is 23.1 Å². The van der Waals surface area contributed by atoms with Gasteiger partial charge in [0.2, 0.25) is 0 Å². The molecule has 0 aromatic heterocycles. The topological polar surface area (TPSA) is 9.23 Å². The predicted molar refractivity (Wildman–Crippen MR) is 53.4 cm³/mol. The van der Waals surface area contributed by atoms with Crippen LogP contribution < -0.4 is 17.0 Å². The summed E-state index contributed by atoms with van der Waals surface area (Å²) in [4.78, 5) is 0. The van der Waals surface area contributed by atoms with Crippen LogP contribution in [0.4, 0.5) is 4.39 Å². The third-order valence-electron chi connectivity index (χ3n) is 2.13. The predicted octanol–water partition coefficient (Wildman–Crippen LogP) is -0.824. The zero-order valence-electron chi connectivity index (χ0n) is 8.51. The summed E-state index contributed by atoms with van der Waals surface area (Å²) in [5.74, 6) is 0.539. The van der Waals surface area contributed by atoms with Gasteiger partial charge < -0.3 is 21.7 Å². The smallest absolute Gasteiger partial charge is 1.00 e. The van der Waals surface area contributed by atoms with Crippen molar-refractivity contribution < 1.29 is 26.1 Å². The van der Waals surface area contributed by atoms with E-state index in [1.165, 1.54) is 25.0 Å². The van der Waals surface area contributed by atoms with E-state index in [4.69, 9.17) is 4.74 Å². The van der Waals surface area contributed by atoms with E-state index in [1.807, 2.05) is 0 Å². The van der Waals surface area contributed by atoms with E-state index >= 15 is 0 Å². The van der Waals surface area contributed by atoms with E-state index in [-0.39, 0.29) is 45.9 Å². The van der Waals surface area contributed by atoms with Gasteiger partial charge in [0.05, 0.1) is 0 Å². The molecular formula is C11H12BrFMgO. The maximum absolute atomic E-state index is 12.7. The Morgan fingerprint density at radius 1 is 1.47 bits per heavy atom. The standard InChI is InChI=1S/C11H12FO.BrH.Mg/c12-11-3-1-2-10(6-11)8-13-7-9-4-5-9;;/h1,3,6,9H,4-5,7-8H2;1H;/q-1;;+2/p-1. The molecule has 0 amide bonds. The molecule has 1 aromatic carbocycles. The Kier molecular flexibility index (Phi) is 7.78.